The van der Waals surface area contributed by atoms with E-state index in [0.717, 1.165) is 68.4 Å². The van der Waals surface area contributed by atoms with Crippen molar-refractivity contribution >= 4 is 43.1 Å². The number of nitriles is 1. The smallest absolute Gasteiger partial charge is 0.319 e. The molecular weight excluding hydrogens is 638 g/mol. The number of piperazine rings is 1. The second-order valence-electron chi connectivity index (χ2n) is 13.7. The summed E-state index contributed by atoms with van der Waals surface area (Å²) in [6.07, 6.45) is 4.30. The minimum Gasteiger partial charge on any atom is -0.459 e. The number of pyridine rings is 1. The number of β-amino-alcohol motifs (C(OH)–C–C–N with tert-alkyl or cyclic N) is 1. The van der Waals surface area contributed by atoms with E-state index in [2.05, 4.69) is 32.8 Å². The average molecular weight is 677 g/mol. The number of nitrogen functional groups attached to an aromatic ring is 1. The number of hydrogen-bond acceptors (Lipinski definition) is 12. The summed E-state index contributed by atoms with van der Waals surface area (Å²) >= 11 is 0.946. The molecule has 5 unspecified atom stereocenters. The second-order valence-corrected chi connectivity index (χ2v) is 14.7. The van der Waals surface area contributed by atoms with Gasteiger partial charge >= 0.3 is 6.01 Å². The van der Waals surface area contributed by atoms with Crippen LogP contribution in [0, 0.1) is 23.0 Å². The van der Waals surface area contributed by atoms with E-state index in [-0.39, 0.29) is 80.9 Å². The molecule has 4 aliphatic rings. The lowest BCUT2D eigenvalue weighted by atomic mass is 9.93. The standard InChI is InChI=1S/C34H38F2N8O3S/c1-16(45)11-43-12-18-6-7-19(13-43)44(18)33-27-22-15-46-14-21(22)25(29-26-20(9-37)32(38)48-31(26)23(35)10-39-29)28(36)30(27)40-34(41-33)47-17(2)24-5-4-8-42(24)3/h10,16-19,24,45H,4-8,11-15,38H2,1-3H3. The number of fused-ring (bicyclic) bond motifs is 6. The van der Waals surface area contributed by atoms with Crippen molar-refractivity contribution in [2.24, 2.45) is 0 Å². The van der Waals surface area contributed by atoms with Crippen molar-refractivity contribution in [2.45, 2.75) is 83.1 Å². The molecule has 7 heterocycles. The van der Waals surface area contributed by atoms with Crippen molar-refractivity contribution < 1.29 is 23.4 Å². The lowest BCUT2D eigenvalue weighted by molar-refractivity contribution is 0.109. The van der Waals surface area contributed by atoms with E-state index in [1.165, 1.54) is 0 Å². The molecule has 0 amide bonds. The van der Waals surface area contributed by atoms with E-state index in [4.69, 9.17) is 25.2 Å². The van der Waals surface area contributed by atoms with Crippen LogP contribution >= 0.6 is 11.3 Å². The molecule has 4 aromatic rings. The Morgan fingerprint density at radius 2 is 1.90 bits per heavy atom. The molecule has 48 heavy (non-hydrogen) atoms. The van der Waals surface area contributed by atoms with E-state index in [9.17, 15) is 10.4 Å². The Balaban J connectivity index is 1.35. The van der Waals surface area contributed by atoms with Crippen LogP contribution in [0.4, 0.5) is 19.6 Å². The molecule has 2 bridgehead atoms. The molecule has 4 aliphatic heterocycles. The number of halogens is 2. The molecule has 0 saturated carbocycles. The van der Waals surface area contributed by atoms with E-state index in [0.29, 0.717) is 23.3 Å². The van der Waals surface area contributed by atoms with Gasteiger partial charge < -0.3 is 25.2 Å². The highest BCUT2D eigenvalue weighted by Crippen LogP contribution is 2.48. The van der Waals surface area contributed by atoms with Gasteiger partial charge in [-0.3, -0.25) is 14.8 Å². The Morgan fingerprint density at radius 3 is 2.58 bits per heavy atom. The van der Waals surface area contributed by atoms with Crippen LogP contribution in [0.15, 0.2) is 6.20 Å². The van der Waals surface area contributed by atoms with Crippen molar-refractivity contribution in [3.05, 3.63) is 34.5 Å². The zero-order chi connectivity index (χ0) is 33.4. The number of benzene rings is 1. The summed E-state index contributed by atoms with van der Waals surface area (Å²) in [6, 6.07) is 2.56. The van der Waals surface area contributed by atoms with Crippen LogP contribution in [0.5, 0.6) is 6.01 Å². The predicted molar refractivity (Wildman–Crippen MR) is 179 cm³/mol. The third-order valence-electron chi connectivity index (χ3n) is 10.5. The molecule has 0 aliphatic carbocycles. The number of rotatable bonds is 7. The topological polar surface area (TPSA) is 137 Å². The number of likely N-dealkylation sites (tertiary alicyclic amines) is 2. The maximum absolute atomic E-state index is 17.4. The number of aliphatic hydroxyl groups is 1. The number of thiophene rings is 1. The summed E-state index contributed by atoms with van der Waals surface area (Å²) in [5.41, 5.74) is 7.86. The summed E-state index contributed by atoms with van der Waals surface area (Å²) in [7, 11) is 2.08. The molecule has 3 N–H and O–H groups in total. The van der Waals surface area contributed by atoms with Gasteiger partial charge in [-0.2, -0.15) is 15.2 Å². The molecule has 14 heteroatoms. The molecule has 252 valence electrons. The maximum Gasteiger partial charge on any atom is 0.319 e. The van der Waals surface area contributed by atoms with E-state index in [1.54, 1.807) is 6.92 Å². The largest absolute Gasteiger partial charge is 0.459 e. The van der Waals surface area contributed by atoms with Gasteiger partial charge in [0.05, 0.1) is 46.9 Å². The molecule has 5 atom stereocenters. The highest BCUT2D eigenvalue weighted by molar-refractivity contribution is 7.23. The quantitative estimate of drug-likeness (QED) is 0.285. The fourth-order valence-corrected chi connectivity index (χ4v) is 9.42. The van der Waals surface area contributed by atoms with Gasteiger partial charge in [-0.1, -0.05) is 0 Å². The number of anilines is 2. The Hall–Kier alpha value is -3.74. The van der Waals surface area contributed by atoms with Crippen molar-refractivity contribution in [3.63, 3.8) is 0 Å². The molecule has 11 nitrogen and oxygen atoms in total. The normalized spacial score (nSPS) is 24.0. The van der Waals surface area contributed by atoms with Crippen molar-refractivity contribution in [1.82, 2.24) is 24.8 Å². The van der Waals surface area contributed by atoms with Gasteiger partial charge in [0.25, 0.3) is 0 Å². The number of nitrogens with zero attached hydrogens (tertiary/aromatic N) is 7. The average Bonchev–Trinajstić information content (AvgIpc) is 3.83. The second kappa shape index (κ2) is 12.0. The van der Waals surface area contributed by atoms with Crippen LogP contribution in [-0.4, -0.2) is 93.4 Å². The van der Waals surface area contributed by atoms with Gasteiger partial charge in [-0.05, 0) is 64.3 Å². The molecule has 1 aromatic carbocycles. The highest BCUT2D eigenvalue weighted by atomic mass is 32.1. The number of ether oxygens (including phenoxy) is 2. The SMILES string of the molecule is CC(O)CN1CC2CCC(C1)N2c1nc(OC(C)C2CCCN2C)nc2c(F)c(-c3ncc(F)c4sc(N)c(C#N)c34)c3c(c12)COC3. The van der Waals surface area contributed by atoms with Gasteiger partial charge in [0.2, 0.25) is 0 Å². The van der Waals surface area contributed by atoms with Gasteiger partial charge in [0.15, 0.2) is 11.6 Å². The number of hydrogen-bond donors (Lipinski definition) is 2. The first-order valence-electron chi connectivity index (χ1n) is 16.6. The number of aromatic nitrogens is 3. The Morgan fingerprint density at radius 1 is 1.15 bits per heavy atom. The van der Waals surface area contributed by atoms with Gasteiger partial charge in [-0.15, -0.1) is 11.3 Å². The lowest BCUT2D eigenvalue weighted by Crippen LogP contribution is -2.55. The highest BCUT2D eigenvalue weighted by Gasteiger charge is 2.43. The predicted octanol–water partition coefficient (Wildman–Crippen LogP) is 4.56. The molecule has 0 spiro atoms. The molecular formula is C34H38F2N8O3S. The summed E-state index contributed by atoms with van der Waals surface area (Å²) in [6.45, 7) is 7.18. The van der Waals surface area contributed by atoms with Crippen LogP contribution in [0.2, 0.25) is 0 Å². The van der Waals surface area contributed by atoms with Crippen LogP contribution in [0.1, 0.15) is 56.2 Å². The molecule has 3 saturated heterocycles. The third kappa shape index (κ3) is 4.97. The molecule has 8 rings (SSSR count). The van der Waals surface area contributed by atoms with Crippen molar-refractivity contribution in [1.29, 1.82) is 5.26 Å². The molecule has 3 aromatic heterocycles. The zero-order valence-corrected chi connectivity index (χ0v) is 28.0. The van der Waals surface area contributed by atoms with Crippen molar-refractivity contribution in [2.75, 3.05) is 43.9 Å². The Kier molecular flexibility index (Phi) is 7.88. The van der Waals surface area contributed by atoms with Crippen molar-refractivity contribution in [3.8, 4) is 23.3 Å². The fourth-order valence-electron chi connectivity index (χ4n) is 8.50. The summed E-state index contributed by atoms with van der Waals surface area (Å²) < 4.78 is 45.0. The van der Waals surface area contributed by atoms with Gasteiger partial charge in [-0.25, -0.2) is 8.78 Å². The van der Waals surface area contributed by atoms with Crippen LogP contribution in [0.3, 0.4) is 0 Å². The van der Waals surface area contributed by atoms with Gasteiger partial charge in [0, 0.05) is 48.7 Å². The Bertz CT molecular complexity index is 1970. The van der Waals surface area contributed by atoms with Crippen LogP contribution in [-0.2, 0) is 18.0 Å². The fraction of sp³-hybridized carbons (Fsp3) is 0.529. The number of likely N-dealkylation sites (N-methyl/N-ethyl adjacent to an activating group) is 1. The van der Waals surface area contributed by atoms with Crippen LogP contribution < -0.4 is 15.4 Å². The zero-order valence-electron chi connectivity index (χ0n) is 27.2. The summed E-state index contributed by atoms with van der Waals surface area (Å²) in [5, 5.41) is 21.0. The minimum absolute atomic E-state index is 0.0673. The monoisotopic (exact) mass is 676 g/mol. The van der Waals surface area contributed by atoms with Crippen LogP contribution in [0.25, 0.3) is 32.2 Å². The third-order valence-corrected chi connectivity index (χ3v) is 11.6. The van der Waals surface area contributed by atoms with E-state index >= 15 is 8.78 Å². The maximum atomic E-state index is 17.4. The molecule has 0 radical (unpaired) electrons. The Labute approximate surface area is 280 Å². The van der Waals surface area contributed by atoms with E-state index in [1.807, 2.05) is 6.92 Å². The first kappa shape index (κ1) is 31.5. The minimum atomic E-state index is -0.650. The lowest BCUT2D eigenvalue weighted by Gasteiger charge is -2.42. The summed E-state index contributed by atoms with van der Waals surface area (Å²) in [5.74, 6) is -0.659. The van der Waals surface area contributed by atoms with Gasteiger partial charge in [0.1, 0.15) is 28.5 Å². The first-order chi connectivity index (χ1) is 23.1. The first-order valence-corrected chi connectivity index (χ1v) is 17.4. The number of aliphatic hydroxyl groups excluding tert-OH is 1. The summed E-state index contributed by atoms with van der Waals surface area (Å²) in [4.78, 5) is 21.1. The molecule has 3 fully saturated rings. The van der Waals surface area contributed by atoms with E-state index < -0.39 is 17.7 Å². The number of nitrogens with two attached hydrogens (primary N) is 1.